The van der Waals surface area contributed by atoms with Crippen LogP contribution in [0.25, 0.3) is 0 Å². The van der Waals surface area contributed by atoms with E-state index in [0.717, 1.165) is 5.56 Å². The third-order valence-corrected chi connectivity index (χ3v) is 2.47. The Balaban J connectivity index is 2.28. The predicted molar refractivity (Wildman–Crippen MR) is 55.5 cm³/mol. The van der Waals surface area contributed by atoms with Crippen LogP contribution in [0.1, 0.15) is 5.56 Å². The first-order valence-corrected chi connectivity index (χ1v) is 5.16. The van der Waals surface area contributed by atoms with Crippen molar-refractivity contribution in [2.24, 2.45) is 0 Å². The number of aryl methyl sites for hydroxylation is 1. The molecule has 0 aliphatic carbocycles. The van der Waals surface area contributed by atoms with E-state index < -0.39 is 0 Å². The summed E-state index contributed by atoms with van der Waals surface area (Å²) >= 11 is 1.52. The smallest absolute Gasteiger partial charge is 0.165 e. The van der Waals surface area contributed by atoms with Crippen LogP contribution in [0.2, 0.25) is 0 Å². The maximum Gasteiger partial charge on any atom is 0.165 e. The number of hydrogen-bond acceptors (Lipinski definition) is 2. The molecule has 0 aliphatic rings. The fourth-order valence-electron chi connectivity index (χ4n) is 1.13. The van der Waals surface area contributed by atoms with Gasteiger partial charge in [0.2, 0.25) is 0 Å². The zero-order chi connectivity index (χ0) is 9.97. The molecular weight excluding hydrogens is 199 g/mol. The molecule has 3 heteroatoms. The lowest BCUT2D eigenvalue weighted by atomic mass is 10.2. The van der Waals surface area contributed by atoms with E-state index in [2.05, 4.69) is 0 Å². The van der Waals surface area contributed by atoms with Crippen molar-refractivity contribution in [3.8, 4) is 11.5 Å². The molecule has 0 fully saturated rings. The number of ether oxygens (including phenoxy) is 1. The summed E-state index contributed by atoms with van der Waals surface area (Å²) in [5.74, 6) is 0.629. The van der Waals surface area contributed by atoms with Crippen LogP contribution < -0.4 is 4.74 Å². The first-order valence-electron chi connectivity index (χ1n) is 4.22. The van der Waals surface area contributed by atoms with Gasteiger partial charge in [-0.3, -0.25) is 0 Å². The van der Waals surface area contributed by atoms with Crippen LogP contribution >= 0.6 is 11.3 Å². The second kappa shape index (κ2) is 3.80. The molecule has 0 bridgehead atoms. The van der Waals surface area contributed by atoms with Gasteiger partial charge in [-0.2, -0.15) is 0 Å². The van der Waals surface area contributed by atoms with Gasteiger partial charge in [0, 0.05) is 5.38 Å². The molecule has 2 rings (SSSR count). The minimum atomic E-state index is -0.332. The van der Waals surface area contributed by atoms with Crippen molar-refractivity contribution < 1.29 is 9.13 Å². The second-order valence-electron chi connectivity index (χ2n) is 2.99. The molecule has 0 atom stereocenters. The van der Waals surface area contributed by atoms with Gasteiger partial charge in [-0.25, -0.2) is 4.39 Å². The summed E-state index contributed by atoms with van der Waals surface area (Å²) in [5, 5.41) is 3.73. The average molecular weight is 208 g/mol. The summed E-state index contributed by atoms with van der Waals surface area (Å²) in [5.41, 5.74) is 0.983. The Labute approximate surface area is 85.8 Å². The summed E-state index contributed by atoms with van der Waals surface area (Å²) in [6.07, 6.45) is 0. The lowest BCUT2D eigenvalue weighted by molar-refractivity contribution is 0.443. The fourth-order valence-corrected chi connectivity index (χ4v) is 1.68. The van der Waals surface area contributed by atoms with Crippen LogP contribution in [0.5, 0.6) is 11.5 Å². The van der Waals surface area contributed by atoms with Gasteiger partial charge in [0.25, 0.3) is 0 Å². The molecule has 1 aromatic carbocycles. The Morgan fingerprint density at radius 2 is 2.14 bits per heavy atom. The van der Waals surface area contributed by atoms with Crippen LogP contribution in [0.3, 0.4) is 0 Å². The number of benzene rings is 1. The third-order valence-electron chi connectivity index (χ3n) is 1.81. The molecule has 2 aromatic rings. The van der Waals surface area contributed by atoms with E-state index in [4.69, 9.17) is 4.74 Å². The van der Waals surface area contributed by atoms with Gasteiger partial charge < -0.3 is 4.74 Å². The summed E-state index contributed by atoms with van der Waals surface area (Å²) in [6, 6.07) is 6.63. The standard InChI is InChI=1S/C11H9FOS/c1-8-2-3-10(12)11(6-8)13-9-4-5-14-7-9/h2-7H,1H3. The first kappa shape index (κ1) is 9.21. The zero-order valence-electron chi connectivity index (χ0n) is 7.66. The third kappa shape index (κ3) is 1.93. The summed E-state index contributed by atoms with van der Waals surface area (Å²) in [7, 11) is 0. The molecule has 0 amide bonds. The lowest BCUT2D eigenvalue weighted by Gasteiger charge is -2.04. The van der Waals surface area contributed by atoms with Crippen LogP contribution in [0.4, 0.5) is 4.39 Å². The topological polar surface area (TPSA) is 9.23 Å². The molecule has 0 unspecified atom stereocenters. The highest BCUT2D eigenvalue weighted by Gasteiger charge is 2.04. The monoisotopic (exact) mass is 208 g/mol. The molecule has 0 aliphatic heterocycles. The summed E-state index contributed by atoms with van der Waals surface area (Å²) in [4.78, 5) is 0. The van der Waals surface area contributed by atoms with Gasteiger partial charge in [-0.1, -0.05) is 6.07 Å². The van der Waals surface area contributed by atoms with Crippen molar-refractivity contribution in [2.45, 2.75) is 6.92 Å². The minimum absolute atomic E-state index is 0.281. The molecule has 0 saturated carbocycles. The number of hydrogen-bond donors (Lipinski definition) is 0. The van der Waals surface area contributed by atoms with Crippen LogP contribution in [-0.2, 0) is 0 Å². The SMILES string of the molecule is Cc1ccc(F)c(Oc2ccsc2)c1. The highest BCUT2D eigenvalue weighted by Crippen LogP contribution is 2.26. The fraction of sp³-hybridized carbons (Fsp3) is 0.0909. The molecule has 72 valence electrons. The molecule has 0 radical (unpaired) electrons. The number of thiophene rings is 1. The van der Waals surface area contributed by atoms with Crippen LogP contribution in [-0.4, -0.2) is 0 Å². The van der Waals surface area contributed by atoms with E-state index >= 15 is 0 Å². The zero-order valence-corrected chi connectivity index (χ0v) is 8.48. The van der Waals surface area contributed by atoms with Crippen molar-refractivity contribution in [1.29, 1.82) is 0 Å². The highest BCUT2D eigenvalue weighted by atomic mass is 32.1. The van der Waals surface area contributed by atoms with E-state index in [-0.39, 0.29) is 11.6 Å². The van der Waals surface area contributed by atoms with Gasteiger partial charge in [-0.05, 0) is 36.1 Å². The van der Waals surface area contributed by atoms with E-state index in [0.29, 0.717) is 5.75 Å². The molecule has 1 heterocycles. The first-order chi connectivity index (χ1) is 6.75. The van der Waals surface area contributed by atoms with Gasteiger partial charge in [0.1, 0.15) is 5.75 Å². The Hall–Kier alpha value is -1.35. The minimum Gasteiger partial charge on any atom is -0.453 e. The summed E-state index contributed by atoms with van der Waals surface area (Å²) in [6.45, 7) is 1.90. The van der Waals surface area contributed by atoms with Gasteiger partial charge in [0.15, 0.2) is 11.6 Å². The molecule has 0 N–H and O–H groups in total. The second-order valence-corrected chi connectivity index (χ2v) is 3.78. The van der Waals surface area contributed by atoms with Crippen molar-refractivity contribution in [1.82, 2.24) is 0 Å². The molecule has 0 saturated heterocycles. The largest absolute Gasteiger partial charge is 0.453 e. The average Bonchev–Trinajstić information content (AvgIpc) is 2.64. The maximum absolute atomic E-state index is 13.2. The Kier molecular flexibility index (Phi) is 2.50. The van der Waals surface area contributed by atoms with E-state index in [1.807, 2.05) is 23.8 Å². The van der Waals surface area contributed by atoms with E-state index in [1.54, 1.807) is 12.1 Å². The van der Waals surface area contributed by atoms with Crippen LogP contribution in [0, 0.1) is 12.7 Å². The van der Waals surface area contributed by atoms with Crippen LogP contribution in [0.15, 0.2) is 35.0 Å². The normalized spacial score (nSPS) is 10.1. The Morgan fingerprint density at radius 1 is 1.29 bits per heavy atom. The Bertz CT molecular complexity index is 423. The van der Waals surface area contributed by atoms with E-state index in [1.165, 1.54) is 17.4 Å². The summed E-state index contributed by atoms with van der Waals surface area (Å²) < 4.78 is 18.6. The van der Waals surface area contributed by atoms with E-state index in [9.17, 15) is 4.39 Å². The Morgan fingerprint density at radius 3 is 2.86 bits per heavy atom. The molecule has 1 nitrogen and oxygen atoms in total. The molecule has 0 spiro atoms. The van der Waals surface area contributed by atoms with Gasteiger partial charge >= 0.3 is 0 Å². The quantitative estimate of drug-likeness (QED) is 0.725. The number of halogens is 1. The van der Waals surface area contributed by atoms with Gasteiger partial charge in [0.05, 0.1) is 0 Å². The predicted octanol–water partition coefficient (Wildman–Crippen LogP) is 3.99. The highest BCUT2D eigenvalue weighted by molar-refractivity contribution is 7.08. The molecule has 14 heavy (non-hydrogen) atoms. The van der Waals surface area contributed by atoms with Crippen molar-refractivity contribution in [2.75, 3.05) is 0 Å². The van der Waals surface area contributed by atoms with Crippen molar-refractivity contribution in [3.05, 3.63) is 46.4 Å². The van der Waals surface area contributed by atoms with Crippen molar-refractivity contribution in [3.63, 3.8) is 0 Å². The van der Waals surface area contributed by atoms with Gasteiger partial charge in [-0.15, -0.1) is 11.3 Å². The molecular formula is C11H9FOS. The number of rotatable bonds is 2. The maximum atomic E-state index is 13.2. The lowest BCUT2D eigenvalue weighted by Crippen LogP contribution is -1.87. The molecule has 1 aromatic heterocycles. The van der Waals surface area contributed by atoms with Crippen molar-refractivity contribution >= 4 is 11.3 Å².